The standard InChI is InChI=1S/C24H26N2O/c1-6-18(5)20(16-25-8-3)12-13-21(7-2)26-24(27)23-15-22(23)19-11-9-10-17(4)14-19/h6-14,16,22-23H,1-3,5,15H2,4H3,(H,26,27)/b20-12-,21-13+,25-16?/t22-,23+/m0/s1. The fourth-order valence-electron chi connectivity index (χ4n) is 2.81. The normalized spacial score (nSPS) is 19.4. The van der Waals surface area contributed by atoms with E-state index in [1.54, 1.807) is 24.4 Å². The number of carbonyl (C=O) groups excluding carboxylic acids is 1. The maximum absolute atomic E-state index is 12.6. The number of hydrogen-bond donors (Lipinski definition) is 1. The number of nitrogens with zero attached hydrogens (tertiary/aromatic N) is 1. The molecule has 0 aliphatic heterocycles. The molecule has 1 aliphatic rings. The second kappa shape index (κ2) is 9.48. The lowest BCUT2D eigenvalue weighted by Gasteiger charge is -2.06. The van der Waals surface area contributed by atoms with E-state index in [-0.39, 0.29) is 11.8 Å². The van der Waals surface area contributed by atoms with E-state index in [0.717, 1.165) is 17.6 Å². The Morgan fingerprint density at radius 2 is 2.00 bits per heavy atom. The van der Waals surface area contributed by atoms with Crippen LogP contribution < -0.4 is 5.32 Å². The van der Waals surface area contributed by atoms with Crippen molar-refractivity contribution in [3.8, 4) is 0 Å². The van der Waals surface area contributed by atoms with Gasteiger partial charge in [-0.2, -0.15) is 0 Å². The molecule has 2 rings (SSSR count). The molecular formula is C24H26N2O. The molecule has 0 unspecified atom stereocenters. The van der Waals surface area contributed by atoms with Crippen LogP contribution in [0.2, 0.25) is 0 Å². The first-order valence-electron chi connectivity index (χ1n) is 8.87. The van der Waals surface area contributed by atoms with Gasteiger partial charge in [0.15, 0.2) is 0 Å². The van der Waals surface area contributed by atoms with Crippen molar-refractivity contribution in [1.29, 1.82) is 0 Å². The zero-order chi connectivity index (χ0) is 19.8. The smallest absolute Gasteiger partial charge is 0.228 e. The largest absolute Gasteiger partial charge is 0.326 e. The van der Waals surface area contributed by atoms with Crippen LogP contribution in [0.25, 0.3) is 0 Å². The van der Waals surface area contributed by atoms with Crippen LogP contribution >= 0.6 is 0 Å². The highest BCUT2D eigenvalue weighted by molar-refractivity contribution is 5.87. The first-order valence-corrected chi connectivity index (χ1v) is 8.87. The molecule has 0 spiro atoms. The van der Waals surface area contributed by atoms with E-state index in [9.17, 15) is 4.79 Å². The van der Waals surface area contributed by atoms with E-state index < -0.39 is 0 Å². The number of benzene rings is 1. The molecule has 0 radical (unpaired) electrons. The SMILES string of the molecule is C=CN=C/C(=C/C=C(\C=C)NC(=O)[C@@H]1C[C@H]1c1cccc(C)c1)C(=C)C=C. The molecular weight excluding hydrogens is 332 g/mol. The van der Waals surface area contributed by atoms with Crippen LogP contribution in [0.5, 0.6) is 0 Å². The number of carbonyl (C=O) groups is 1. The second-order valence-electron chi connectivity index (χ2n) is 6.49. The fraction of sp³-hybridized carbons (Fsp3) is 0.167. The first kappa shape index (κ1) is 20.1. The number of aryl methyl sites for hydroxylation is 1. The van der Waals surface area contributed by atoms with Gasteiger partial charge in [-0.3, -0.25) is 9.79 Å². The van der Waals surface area contributed by atoms with Crippen molar-refractivity contribution >= 4 is 12.1 Å². The van der Waals surface area contributed by atoms with Crippen molar-refractivity contribution in [2.75, 3.05) is 0 Å². The number of rotatable bonds is 9. The predicted molar refractivity (Wildman–Crippen MR) is 115 cm³/mol. The third-order valence-electron chi connectivity index (χ3n) is 4.46. The van der Waals surface area contributed by atoms with Gasteiger partial charge in [-0.1, -0.05) is 68.3 Å². The van der Waals surface area contributed by atoms with E-state index in [0.29, 0.717) is 11.6 Å². The highest BCUT2D eigenvalue weighted by Crippen LogP contribution is 2.47. The maximum Gasteiger partial charge on any atom is 0.228 e. The highest BCUT2D eigenvalue weighted by atomic mass is 16.2. The Labute approximate surface area is 161 Å². The van der Waals surface area contributed by atoms with Crippen LogP contribution in [0.1, 0.15) is 23.5 Å². The quantitative estimate of drug-likeness (QED) is 0.480. The van der Waals surface area contributed by atoms with E-state index in [1.807, 2.05) is 12.1 Å². The van der Waals surface area contributed by atoms with Gasteiger partial charge in [-0.25, -0.2) is 0 Å². The molecule has 3 heteroatoms. The second-order valence-corrected chi connectivity index (χ2v) is 6.49. The van der Waals surface area contributed by atoms with Gasteiger partial charge in [0.2, 0.25) is 5.91 Å². The van der Waals surface area contributed by atoms with Gasteiger partial charge in [-0.15, -0.1) is 0 Å². The third kappa shape index (κ3) is 5.65. The van der Waals surface area contributed by atoms with Crippen LogP contribution in [0.3, 0.4) is 0 Å². The van der Waals surface area contributed by atoms with E-state index in [1.165, 1.54) is 17.3 Å². The van der Waals surface area contributed by atoms with Crippen LogP contribution in [0.4, 0.5) is 0 Å². The molecule has 1 aromatic rings. The Balaban J connectivity index is 2.07. The minimum absolute atomic E-state index is 0.00377. The Hall–Kier alpha value is -3.20. The molecule has 3 nitrogen and oxygen atoms in total. The molecule has 0 aromatic heterocycles. The van der Waals surface area contributed by atoms with Crippen LogP contribution in [-0.4, -0.2) is 12.1 Å². The van der Waals surface area contributed by atoms with Crippen LogP contribution in [0, 0.1) is 12.8 Å². The Bertz CT molecular complexity index is 855. The van der Waals surface area contributed by atoms with Crippen molar-refractivity contribution in [2.45, 2.75) is 19.3 Å². The Morgan fingerprint density at radius 1 is 1.22 bits per heavy atom. The van der Waals surface area contributed by atoms with Gasteiger partial charge < -0.3 is 5.32 Å². The van der Waals surface area contributed by atoms with Crippen LogP contribution in [-0.2, 0) is 4.79 Å². The Morgan fingerprint density at radius 3 is 2.63 bits per heavy atom. The van der Waals surface area contributed by atoms with Gasteiger partial charge in [0.05, 0.1) is 0 Å². The molecule has 2 atom stereocenters. The summed E-state index contributed by atoms with van der Waals surface area (Å²) >= 11 is 0. The summed E-state index contributed by atoms with van der Waals surface area (Å²) in [6, 6.07) is 8.34. The molecule has 1 aromatic carbocycles. The molecule has 0 saturated heterocycles. The molecule has 138 valence electrons. The molecule has 27 heavy (non-hydrogen) atoms. The van der Waals surface area contributed by atoms with E-state index in [4.69, 9.17) is 0 Å². The average Bonchev–Trinajstić information content (AvgIpc) is 3.47. The molecule has 1 aliphatic carbocycles. The number of aliphatic imine (C=N–C) groups is 1. The van der Waals surface area contributed by atoms with Gasteiger partial charge in [0, 0.05) is 24.0 Å². The van der Waals surface area contributed by atoms with Crippen molar-refractivity contribution in [2.24, 2.45) is 10.9 Å². The van der Waals surface area contributed by atoms with E-state index in [2.05, 4.69) is 61.7 Å². The summed E-state index contributed by atoms with van der Waals surface area (Å²) in [5, 5.41) is 2.95. The topological polar surface area (TPSA) is 41.5 Å². The molecule has 1 N–H and O–H groups in total. The zero-order valence-electron chi connectivity index (χ0n) is 15.8. The number of nitrogens with one attached hydrogen (secondary N) is 1. The lowest BCUT2D eigenvalue weighted by atomic mass is 10.1. The van der Waals surface area contributed by atoms with Gasteiger partial charge in [0.1, 0.15) is 0 Å². The summed E-state index contributed by atoms with van der Waals surface area (Å²) in [5.41, 5.74) is 4.59. The van der Waals surface area contributed by atoms with Crippen LogP contribution in [0.15, 0.2) is 103 Å². The minimum Gasteiger partial charge on any atom is -0.326 e. The lowest BCUT2D eigenvalue weighted by Crippen LogP contribution is -2.23. The summed E-state index contributed by atoms with van der Waals surface area (Å²) in [6.45, 7) is 17.1. The van der Waals surface area contributed by atoms with E-state index >= 15 is 0 Å². The fourth-order valence-corrected chi connectivity index (χ4v) is 2.81. The van der Waals surface area contributed by atoms with Gasteiger partial charge in [-0.05, 0) is 48.1 Å². The van der Waals surface area contributed by atoms with Crippen molar-refractivity contribution < 1.29 is 4.79 Å². The summed E-state index contributed by atoms with van der Waals surface area (Å²) < 4.78 is 0. The molecule has 1 amide bonds. The van der Waals surface area contributed by atoms with Crippen molar-refractivity contribution in [1.82, 2.24) is 5.32 Å². The zero-order valence-corrected chi connectivity index (χ0v) is 15.8. The van der Waals surface area contributed by atoms with Gasteiger partial charge >= 0.3 is 0 Å². The monoisotopic (exact) mass is 358 g/mol. The summed E-state index contributed by atoms with van der Waals surface area (Å²) in [5.74, 6) is 0.316. The number of allylic oxidation sites excluding steroid dienone is 6. The van der Waals surface area contributed by atoms with Crippen molar-refractivity contribution in [3.63, 3.8) is 0 Å². The third-order valence-corrected chi connectivity index (χ3v) is 4.46. The lowest BCUT2D eigenvalue weighted by molar-refractivity contribution is -0.121. The summed E-state index contributed by atoms with van der Waals surface area (Å²) in [7, 11) is 0. The highest BCUT2D eigenvalue weighted by Gasteiger charge is 2.43. The predicted octanol–water partition coefficient (Wildman–Crippen LogP) is 5.17. The van der Waals surface area contributed by atoms with Crippen molar-refractivity contribution in [3.05, 3.63) is 109 Å². The summed E-state index contributed by atoms with van der Waals surface area (Å²) in [6.07, 6.45) is 10.8. The van der Waals surface area contributed by atoms with Gasteiger partial charge in [0.25, 0.3) is 0 Å². The summed E-state index contributed by atoms with van der Waals surface area (Å²) in [4.78, 5) is 16.6. The molecule has 1 fully saturated rings. The molecule has 1 saturated carbocycles. The molecule has 0 bridgehead atoms. The molecule has 0 heterocycles. The maximum atomic E-state index is 12.6. The minimum atomic E-state index is 0.00377. The number of hydrogen-bond acceptors (Lipinski definition) is 2. The number of amides is 1. The first-order chi connectivity index (χ1) is 13.0. The Kier molecular flexibility index (Phi) is 7.07. The average molecular weight is 358 g/mol.